The molecule has 0 N–H and O–H groups in total. The van der Waals surface area contributed by atoms with Crippen molar-refractivity contribution >= 4 is 37.5 Å². The van der Waals surface area contributed by atoms with E-state index >= 15 is 0 Å². The van der Waals surface area contributed by atoms with Crippen molar-refractivity contribution in [2.45, 2.75) is 4.22 Å². The van der Waals surface area contributed by atoms with Gasteiger partial charge in [-0.1, -0.05) is 0 Å². The molecule has 0 fully saturated rings. The Morgan fingerprint density at radius 1 is 0.667 bits per heavy atom. The Hall–Kier alpha value is -1.50. The molecule has 0 nitrogen and oxygen atoms in total. The molecule has 0 aromatic heterocycles. The summed E-state index contributed by atoms with van der Waals surface area (Å²) >= 11 is -3.67. The summed E-state index contributed by atoms with van der Waals surface area (Å²) in [5.41, 5.74) is 0. The van der Waals surface area contributed by atoms with Crippen molar-refractivity contribution in [2.24, 2.45) is 0 Å². The average Bonchev–Trinajstić information content (AvgIpc) is 2.47. The second kappa shape index (κ2) is 5.71. The molecule has 0 saturated heterocycles. The van der Waals surface area contributed by atoms with E-state index in [1.807, 2.05) is 18.2 Å². The van der Waals surface area contributed by atoms with Crippen LogP contribution in [0.15, 0.2) is 72.8 Å². The Labute approximate surface area is 127 Å². The Morgan fingerprint density at radius 3 is 2.00 bits per heavy atom. The van der Waals surface area contributed by atoms with Crippen LogP contribution in [-0.2, 0) is 0 Å². The maximum absolute atomic E-state index is 13.7. The second-order valence-corrected chi connectivity index (χ2v) is 10.2. The maximum atomic E-state index is 13.7. The third-order valence-electron chi connectivity index (χ3n) is 3.18. The summed E-state index contributed by atoms with van der Waals surface area (Å²) in [5.74, 6) is 0. The summed E-state index contributed by atoms with van der Waals surface area (Å²) in [4.78, 5) is 0. The van der Waals surface area contributed by atoms with Gasteiger partial charge in [0.1, 0.15) is 0 Å². The number of fused-ring (bicyclic) bond motifs is 1. The zero-order valence-electron chi connectivity index (χ0n) is 11.0. The zero-order chi connectivity index (χ0) is 14.9. The molecule has 0 aliphatic carbocycles. The van der Waals surface area contributed by atoms with Crippen molar-refractivity contribution in [2.75, 3.05) is 0 Å². The SMILES string of the molecule is FC(F)(F)[Te](c1ccccc1)c1cccc2ccccc12. The molecular weight excluding hydrogens is 389 g/mol. The van der Waals surface area contributed by atoms with Crippen LogP contribution in [0.1, 0.15) is 0 Å². The van der Waals surface area contributed by atoms with Crippen LogP contribution < -0.4 is 7.22 Å². The summed E-state index contributed by atoms with van der Waals surface area (Å²) in [7, 11) is 0. The Balaban J connectivity index is 2.25. The second-order valence-electron chi connectivity index (χ2n) is 4.54. The molecule has 0 saturated carbocycles. The quantitative estimate of drug-likeness (QED) is 0.577. The standard InChI is InChI=1S/C17H12F3Te/c18-17(19,20)21(14-9-2-1-3-10-14)16-12-6-8-13-7-4-5-11-15(13)16/h1-12H. The zero-order valence-corrected chi connectivity index (χ0v) is 13.3. The Kier molecular flexibility index (Phi) is 3.93. The van der Waals surface area contributed by atoms with Crippen molar-refractivity contribution in [3.8, 4) is 0 Å². The van der Waals surface area contributed by atoms with Crippen molar-refractivity contribution < 1.29 is 13.2 Å². The Bertz CT molecular complexity index is 745. The first-order chi connectivity index (χ1) is 10.1. The van der Waals surface area contributed by atoms with E-state index in [1.54, 1.807) is 54.6 Å². The monoisotopic (exact) mass is 403 g/mol. The summed E-state index contributed by atoms with van der Waals surface area (Å²) in [5, 5.41) is 1.58. The van der Waals surface area contributed by atoms with Crippen LogP contribution in [0, 0.1) is 0 Å². The minimum atomic E-state index is -4.16. The first-order valence-electron chi connectivity index (χ1n) is 6.41. The normalized spacial score (nSPS) is 12.0. The van der Waals surface area contributed by atoms with E-state index < -0.39 is 23.8 Å². The van der Waals surface area contributed by atoms with Gasteiger partial charge in [0.25, 0.3) is 0 Å². The van der Waals surface area contributed by atoms with E-state index in [0.717, 1.165) is 10.8 Å². The van der Waals surface area contributed by atoms with Gasteiger partial charge in [-0.25, -0.2) is 0 Å². The first-order valence-corrected chi connectivity index (χ1v) is 9.91. The Morgan fingerprint density at radius 2 is 1.29 bits per heavy atom. The van der Waals surface area contributed by atoms with Gasteiger partial charge in [-0.15, -0.1) is 0 Å². The molecule has 0 amide bonds. The van der Waals surface area contributed by atoms with Gasteiger partial charge in [0.2, 0.25) is 0 Å². The fraction of sp³-hybridized carbons (Fsp3) is 0.0588. The van der Waals surface area contributed by atoms with Gasteiger partial charge in [0, 0.05) is 0 Å². The van der Waals surface area contributed by atoms with Gasteiger partial charge in [0.05, 0.1) is 0 Å². The number of alkyl halides is 3. The van der Waals surface area contributed by atoms with E-state index in [1.165, 1.54) is 0 Å². The van der Waals surface area contributed by atoms with Gasteiger partial charge < -0.3 is 0 Å². The van der Waals surface area contributed by atoms with E-state index in [4.69, 9.17) is 0 Å². The third kappa shape index (κ3) is 2.92. The van der Waals surface area contributed by atoms with Crippen LogP contribution in [0.3, 0.4) is 0 Å². The van der Waals surface area contributed by atoms with Crippen LogP contribution in [-0.4, -0.2) is 23.8 Å². The van der Waals surface area contributed by atoms with Gasteiger partial charge in [0.15, 0.2) is 0 Å². The van der Waals surface area contributed by atoms with Crippen molar-refractivity contribution in [3.05, 3.63) is 72.8 Å². The fourth-order valence-electron chi connectivity index (χ4n) is 2.32. The minimum absolute atomic E-state index is 0.435. The van der Waals surface area contributed by atoms with Gasteiger partial charge in [-0.05, 0) is 0 Å². The number of rotatable bonds is 2. The third-order valence-corrected chi connectivity index (χ3v) is 8.89. The summed E-state index contributed by atoms with van der Waals surface area (Å²) in [6.45, 7) is 0. The molecule has 3 rings (SSSR count). The molecule has 3 aromatic carbocycles. The average molecular weight is 401 g/mol. The fourth-order valence-corrected chi connectivity index (χ4v) is 7.51. The van der Waals surface area contributed by atoms with Crippen LogP contribution in [0.25, 0.3) is 10.8 Å². The summed E-state index contributed by atoms with van der Waals surface area (Å²) in [6, 6.07) is 20.8. The van der Waals surface area contributed by atoms with Crippen molar-refractivity contribution in [1.29, 1.82) is 0 Å². The number of benzene rings is 3. The molecule has 4 heteroatoms. The molecule has 0 bridgehead atoms. The predicted molar refractivity (Wildman–Crippen MR) is 81.5 cm³/mol. The van der Waals surface area contributed by atoms with Gasteiger partial charge >= 0.3 is 128 Å². The molecule has 0 unspecified atom stereocenters. The van der Waals surface area contributed by atoms with Gasteiger partial charge in [-0.2, -0.15) is 0 Å². The molecular formula is C17H12F3Te. The van der Waals surface area contributed by atoms with Crippen LogP contribution in [0.2, 0.25) is 0 Å². The van der Waals surface area contributed by atoms with Gasteiger partial charge in [-0.3, -0.25) is 0 Å². The van der Waals surface area contributed by atoms with Crippen LogP contribution >= 0.6 is 0 Å². The summed E-state index contributed by atoms with van der Waals surface area (Å²) in [6.07, 6.45) is 0. The molecule has 1 radical (unpaired) electrons. The number of hydrogen-bond donors (Lipinski definition) is 0. The molecule has 3 aromatic rings. The first kappa shape index (κ1) is 14.4. The number of halogens is 3. The molecule has 0 heterocycles. The number of hydrogen-bond acceptors (Lipinski definition) is 0. The van der Waals surface area contributed by atoms with Crippen LogP contribution in [0.5, 0.6) is 0 Å². The van der Waals surface area contributed by atoms with E-state index in [9.17, 15) is 13.2 Å². The summed E-state index contributed by atoms with van der Waals surface area (Å²) < 4.78 is 37.8. The van der Waals surface area contributed by atoms with Crippen LogP contribution in [0.4, 0.5) is 13.2 Å². The molecule has 107 valence electrons. The molecule has 21 heavy (non-hydrogen) atoms. The predicted octanol–water partition coefficient (Wildman–Crippen LogP) is 3.55. The van der Waals surface area contributed by atoms with Crippen molar-refractivity contribution in [3.63, 3.8) is 0 Å². The molecule has 0 atom stereocenters. The van der Waals surface area contributed by atoms with E-state index in [2.05, 4.69) is 0 Å². The molecule has 0 aliphatic rings. The molecule has 0 aliphatic heterocycles. The van der Waals surface area contributed by atoms with E-state index in [-0.39, 0.29) is 0 Å². The topological polar surface area (TPSA) is 0 Å². The van der Waals surface area contributed by atoms with Crippen molar-refractivity contribution in [1.82, 2.24) is 0 Å². The van der Waals surface area contributed by atoms with E-state index in [0.29, 0.717) is 7.22 Å². The molecule has 0 spiro atoms.